The molecule has 2 aliphatic carbocycles. The number of ether oxygens (including phenoxy) is 2. The van der Waals surface area contributed by atoms with Gasteiger partial charge in [0.05, 0.1) is 18.9 Å². The van der Waals surface area contributed by atoms with E-state index in [0.29, 0.717) is 13.2 Å². The Morgan fingerprint density at radius 3 is 2.84 bits per heavy atom. The summed E-state index contributed by atoms with van der Waals surface area (Å²) in [5.74, 6) is -0.480. The molecule has 1 spiro atoms. The van der Waals surface area contributed by atoms with Crippen molar-refractivity contribution in [1.29, 1.82) is 0 Å². The van der Waals surface area contributed by atoms with E-state index in [4.69, 9.17) is 9.47 Å². The van der Waals surface area contributed by atoms with Crippen LogP contribution in [0.2, 0.25) is 0 Å². The molecule has 3 heterocycles. The number of hydrogen-bond donors (Lipinski definition) is 0. The molecule has 5 nitrogen and oxygen atoms in total. The number of azo groups is 1. The van der Waals surface area contributed by atoms with Crippen LogP contribution in [0.15, 0.2) is 51.0 Å². The van der Waals surface area contributed by atoms with Gasteiger partial charge in [0.1, 0.15) is 6.04 Å². The van der Waals surface area contributed by atoms with Gasteiger partial charge >= 0.3 is 0 Å². The summed E-state index contributed by atoms with van der Waals surface area (Å²) in [7, 11) is 0. The lowest BCUT2D eigenvalue weighted by molar-refractivity contribution is -0.133. The molecule has 1 aromatic heterocycles. The summed E-state index contributed by atoms with van der Waals surface area (Å²) in [6.45, 7) is 3.42. The topological polar surface area (TPSA) is 56.1 Å². The number of hydrogen-bond acceptors (Lipinski definition) is 5. The Hall–Kier alpha value is -1.85. The molecule has 1 unspecified atom stereocenters. The predicted octanol–water partition coefficient (Wildman–Crippen LogP) is 4.56. The van der Waals surface area contributed by atoms with Crippen molar-refractivity contribution in [2.75, 3.05) is 13.2 Å². The summed E-state index contributed by atoms with van der Waals surface area (Å²) in [4.78, 5) is 4.33. The first-order chi connectivity index (χ1) is 12.3. The monoisotopic (exact) mass is 337 g/mol. The fraction of sp³-hybridized carbons (Fsp3) is 0.550. The predicted molar refractivity (Wildman–Crippen MR) is 93.0 cm³/mol. The van der Waals surface area contributed by atoms with Crippen molar-refractivity contribution in [2.24, 2.45) is 10.2 Å². The van der Waals surface area contributed by atoms with E-state index in [9.17, 15) is 0 Å². The van der Waals surface area contributed by atoms with Gasteiger partial charge in [0, 0.05) is 23.9 Å². The quantitative estimate of drug-likeness (QED) is 0.755. The second kappa shape index (κ2) is 5.85. The summed E-state index contributed by atoms with van der Waals surface area (Å²) in [5, 5.41) is 9.19. The minimum atomic E-state index is -0.480. The fourth-order valence-electron chi connectivity index (χ4n) is 4.74. The van der Waals surface area contributed by atoms with Gasteiger partial charge in [-0.25, -0.2) is 0 Å². The minimum absolute atomic E-state index is 0.00134. The molecule has 1 fully saturated rings. The third-order valence-corrected chi connectivity index (χ3v) is 5.81. The highest BCUT2D eigenvalue weighted by atomic mass is 16.7. The molecule has 0 saturated carbocycles. The van der Waals surface area contributed by atoms with E-state index in [0.717, 1.165) is 43.5 Å². The van der Waals surface area contributed by atoms with Gasteiger partial charge in [0.2, 0.25) is 0 Å². The van der Waals surface area contributed by atoms with Crippen LogP contribution >= 0.6 is 0 Å². The zero-order chi connectivity index (χ0) is 16.9. The van der Waals surface area contributed by atoms with Crippen LogP contribution in [0.25, 0.3) is 0 Å². The molecule has 0 N–H and O–H groups in total. The molecule has 4 aliphatic rings. The van der Waals surface area contributed by atoms with Gasteiger partial charge in [0.25, 0.3) is 0 Å². The minimum Gasteiger partial charge on any atom is -0.344 e. The molecule has 0 bridgehead atoms. The molecule has 0 radical (unpaired) electrons. The van der Waals surface area contributed by atoms with Crippen LogP contribution in [0.1, 0.15) is 55.8 Å². The van der Waals surface area contributed by atoms with Gasteiger partial charge in [-0.3, -0.25) is 4.98 Å². The number of rotatable bonds is 1. The molecular formula is C20H23N3O2. The van der Waals surface area contributed by atoms with Gasteiger partial charge in [-0.2, -0.15) is 10.2 Å². The van der Waals surface area contributed by atoms with Crippen LogP contribution in [0.5, 0.6) is 0 Å². The van der Waals surface area contributed by atoms with Crippen molar-refractivity contribution >= 4 is 0 Å². The Labute approximate surface area is 147 Å². The maximum Gasteiger partial charge on any atom is 0.191 e. The standard InChI is InChI=1S/C20H23N3O2/c1-13-12-14(7-9-21-13)19-18-15-4-2-3-8-20(24-10-11-25-20)16(15)5-6-17(18)22-23-19/h7,9,12,19H,2-6,8,10-11H2,1H3. The summed E-state index contributed by atoms with van der Waals surface area (Å²) >= 11 is 0. The summed E-state index contributed by atoms with van der Waals surface area (Å²) in [5.41, 5.74) is 7.45. The number of allylic oxidation sites excluding steroid dienone is 1. The molecule has 25 heavy (non-hydrogen) atoms. The zero-order valence-corrected chi connectivity index (χ0v) is 14.6. The lowest BCUT2D eigenvalue weighted by atomic mass is 9.80. The Kier molecular flexibility index (Phi) is 3.61. The highest BCUT2D eigenvalue weighted by Gasteiger charge is 2.46. The maximum absolute atomic E-state index is 6.17. The average molecular weight is 337 g/mol. The maximum atomic E-state index is 6.17. The van der Waals surface area contributed by atoms with Crippen LogP contribution in [0, 0.1) is 6.92 Å². The van der Waals surface area contributed by atoms with Crippen LogP contribution in [-0.2, 0) is 9.47 Å². The first-order valence-corrected chi connectivity index (χ1v) is 9.34. The van der Waals surface area contributed by atoms with E-state index in [1.807, 2.05) is 13.1 Å². The molecule has 1 saturated heterocycles. The van der Waals surface area contributed by atoms with Crippen LogP contribution in [-0.4, -0.2) is 24.0 Å². The third-order valence-electron chi connectivity index (χ3n) is 5.81. The Morgan fingerprint density at radius 1 is 1.12 bits per heavy atom. The Morgan fingerprint density at radius 2 is 2.00 bits per heavy atom. The number of nitrogens with zero attached hydrogens (tertiary/aromatic N) is 3. The molecule has 0 amide bonds. The first kappa shape index (κ1) is 15.4. The van der Waals surface area contributed by atoms with Crippen molar-refractivity contribution in [3.05, 3.63) is 52.0 Å². The van der Waals surface area contributed by atoms with E-state index in [2.05, 4.69) is 27.3 Å². The van der Waals surface area contributed by atoms with Crippen LogP contribution in [0.4, 0.5) is 0 Å². The van der Waals surface area contributed by atoms with Crippen LogP contribution < -0.4 is 0 Å². The highest BCUT2D eigenvalue weighted by molar-refractivity contribution is 5.52. The number of fused-ring (bicyclic) bond motifs is 2. The summed E-state index contributed by atoms with van der Waals surface area (Å²) in [6.07, 6.45) is 8.15. The molecular weight excluding hydrogens is 314 g/mol. The second-order valence-electron chi connectivity index (χ2n) is 7.32. The molecule has 1 atom stereocenters. The van der Waals surface area contributed by atoms with Crippen molar-refractivity contribution in [3.8, 4) is 0 Å². The molecule has 5 heteroatoms. The normalized spacial score (nSPS) is 27.6. The van der Waals surface area contributed by atoms with E-state index < -0.39 is 5.79 Å². The second-order valence-corrected chi connectivity index (χ2v) is 7.32. The average Bonchev–Trinajstić information content (AvgIpc) is 3.22. The molecule has 0 aromatic carbocycles. The largest absolute Gasteiger partial charge is 0.344 e. The molecule has 5 rings (SSSR count). The highest BCUT2D eigenvalue weighted by Crippen LogP contribution is 2.52. The van der Waals surface area contributed by atoms with Crippen molar-refractivity contribution in [1.82, 2.24) is 4.98 Å². The summed E-state index contributed by atoms with van der Waals surface area (Å²) in [6, 6.07) is 4.19. The zero-order valence-electron chi connectivity index (χ0n) is 14.6. The molecule has 130 valence electrons. The van der Waals surface area contributed by atoms with Crippen molar-refractivity contribution in [3.63, 3.8) is 0 Å². The van der Waals surface area contributed by atoms with E-state index in [-0.39, 0.29) is 6.04 Å². The SMILES string of the molecule is Cc1cc(C2N=NC3=C2C2=C(CC3)C3(CCCC2)OCCO3)ccn1. The van der Waals surface area contributed by atoms with E-state index in [1.165, 1.54) is 28.7 Å². The number of pyridine rings is 1. The van der Waals surface area contributed by atoms with Gasteiger partial charge in [0.15, 0.2) is 5.79 Å². The smallest absolute Gasteiger partial charge is 0.191 e. The van der Waals surface area contributed by atoms with Gasteiger partial charge in [-0.05, 0) is 67.9 Å². The van der Waals surface area contributed by atoms with E-state index in [1.54, 1.807) is 0 Å². The van der Waals surface area contributed by atoms with Gasteiger partial charge < -0.3 is 9.47 Å². The van der Waals surface area contributed by atoms with Gasteiger partial charge in [-0.15, -0.1) is 0 Å². The lowest BCUT2D eigenvalue weighted by Gasteiger charge is -2.34. The Balaban J connectivity index is 1.61. The number of aromatic nitrogens is 1. The van der Waals surface area contributed by atoms with Gasteiger partial charge in [-0.1, -0.05) is 0 Å². The Bertz CT molecular complexity index is 803. The van der Waals surface area contributed by atoms with Crippen molar-refractivity contribution < 1.29 is 9.47 Å². The molecule has 1 aromatic rings. The van der Waals surface area contributed by atoms with Crippen LogP contribution in [0.3, 0.4) is 0 Å². The van der Waals surface area contributed by atoms with E-state index >= 15 is 0 Å². The third kappa shape index (κ3) is 2.41. The molecule has 2 aliphatic heterocycles. The summed E-state index contributed by atoms with van der Waals surface area (Å²) < 4.78 is 12.3. The lowest BCUT2D eigenvalue weighted by Crippen LogP contribution is -2.34. The fourth-order valence-corrected chi connectivity index (χ4v) is 4.74. The van der Waals surface area contributed by atoms with Crippen molar-refractivity contribution in [2.45, 2.75) is 57.3 Å². The number of aryl methyl sites for hydroxylation is 1. The first-order valence-electron chi connectivity index (χ1n) is 9.34.